The van der Waals surface area contributed by atoms with Gasteiger partial charge in [-0.3, -0.25) is 9.59 Å². The van der Waals surface area contributed by atoms with Crippen LogP contribution in [-0.4, -0.2) is 30.9 Å². The van der Waals surface area contributed by atoms with Crippen molar-refractivity contribution < 1.29 is 19.1 Å². The standard InChI is InChI=1S/C15H20N2O4/c1-9(2)13(15(20)21-4)17-14(19)11-6-5-7-12(8-11)16-10(3)18/h5-9,13H,1-4H3,(H,16,18)(H,17,19). The van der Waals surface area contributed by atoms with E-state index in [1.54, 1.807) is 24.3 Å². The second kappa shape index (κ2) is 7.42. The van der Waals surface area contributed by atoms with Crippen molar-refractivity contribution >= 4 is 23.5 Å². The summed E-state index contributed by atoms with van der Waals surface area (Å²) in [5.41, 5.74) is 0.880. The first-order chi connectivity index (χ1) is 9.85. The van der Waals surface area contributed by atoms with E-state index in [4.69, 9.17) is 0 Å². The molecule has 2 N–H and O–H groups in total. The first-order valence-electron chi connectivity index (χ1n) is 6.61. The molecule has 0 bridgehead atoms. The Morgan fingerprint density at radius 3 is 2.38 bits per heavy atom. The molecule has 21 heavy (non-hydrogen) atoms. The molecule has 1 unspecified atom stereocenters. The number of methoxy groups -OCH3 is 1. The van der Waals surface area contributed by atoms with Crippen LogP contribution < -0.4 is 10.6 Å². The van der Waals surface area contributed by atoms with E-state index in [-0.39, 0.29) is 11.8 Å². The molecular weight excluding hydrogens is 272 g/mol. The predicted octanol–water partition coefficient (Wildman–Crippen LogP) is 1.57. The van der Waals surface area contributed by atoms with Gasteiger partial charge >= 0.3 is 5.97 Å². The van der Waals surface area contributed by atoms with E-state index in [0.29, 0.717) is 11.3 Å². The third-order valence-electron chi connectivity index (χ3n) is 2.85. The number of amides is 2. The lowest BCUT2D eigenvalue weighted by Crippen LogP contribution is -2.45. The normalized spacial score (nSPS) is 11.7. The molecule has 1 aromatic carbocycles. The van der Waals surface area contributed by atoms with E-state index in [1.165, 1.54) is 14.0 Å². The molecule has 0 aliphatic heterocycles. The minimum absolute atomic E-state index is 0.0973. The lowest BCUT2D eigenvalue weighted by Gasteiger charge is -2.19. The van der Waals surface area contributed by atoms with Gasteiger partial charge in [0, 0.05) is 18.2 Å². The molecule has 114 valence electrons. The summed E-state index contributed by atoms with van der Waals surface area (Å²) >= 11 is 0. The highest BCUT2D eigenvalue weighted by Gasteiger charge is 2.25. The Bertz CT molecular complexity index is 540. The third-order valence-corrected chi connectivity index (χ3v) is 2.85. The van der Waals surface area contributed by atoms with Crippen molar-refractivity contribution in [3.05, 3.63) is 29.8 Å². The summed E-state index contributed by atoms with van der Waals surface area (Å²) in [7, 11) is 1.28. The van der Waals surface area contributed by atoms with Crippen LogP contribution >= 0.6 is 0 Å². The maximum atomic E-state index is 12.2. The monoisotopic (exact) mass is 292 g/mol. The summed E-state index contributed by atoms with van der Waals surface area (Å²) in [5, 5.41) is 5.24. The van der Waals surface area contributed by atoms with Crippen molar-refractivity contribution in [1.82, 2.24) is 5.32 Å². The zero-order valence-corrected chi connectivity index (χ0v) is 12.6. The summed E-state index contributed by atoms with van der Waals surface area (Å²) in [6, 6.07) is 5.77. The lowest BCUT2D eigenvalue weighted by molar-refractivity contribution is -0.144. The quantitative estimate of drug-likeness (QED) is 0.807. The van der Waals surface area contributed by atoms with Gasteiger partial charge in [-0.1, -0.05) is 19.9 Å². The highest BCUT2D eigenvalue weighted by Crippen LogP contribution is 2.12. The number of nitrogens with one attached hydrogen (secondary N) is 2. The Morgan fingerprint density at radius 2 is 1.86 bits per heavy atom. The molecule has 6 heteroatoms. The van der Waals surface area contributed by atoms with Crippen molar-refractivity contribution in [3.63, 3.8) is 0 Å². The van der Waals surface area contributed by atoms with Gasteiger partial charge in [0.1, 0.15) is 6.04 Å². The molecule has 0 heterocycles. The Morgan fingerprint density at radius 1 is 1.19 bits per heavy atom. The van der Waals surface area contributed by atoms with Crippen molar-refractivity contribution in [3.8, 4) is 0 Å². The van der Waals surface area contributed by atoms with E-state index >= 15 is 0 Å². The van der Waals surface area contributed by atoms with Gasteiger partial charge in [0.25, 0.3) is 5.91 Å². The lowest BCUT2D eigenvalue weighted by atomic mass is 10.0. The number of carbonyl (C=O) groups is 3. The average Bonchev–Trinajstić information content (AvgIpc) is 2.42. The van der Waals surface area contributed by atoms with E-state index < -0.39 is 17.9 Å². The molecule has 0 saturated carbocycles. The molecule has 6 nitrogen and oxygen atoms in total. The summed E-state index contributed by atoms with van der Waals surface area (Å²) < 4.78 is 4.68. The van der Waals surface area contributed by atoms with Crippen LogP contribution in [0.25, 0.3) is 0 Å². The maximum absolute atomic E-state index is 12.2. The number of rotatable bonds is 5. The van der Waals surface area contributed by atoms with E-state index in [1.807, 2.05) is 13.8 Å². The van der Waals surface area contributed by atoms with Crippen LogP contribution in [0.2, 0.25) is 0 Å². The minimum Gasteiger partial charge on any atom is -0.467 e. The second-order valence-corrected chi connectivity index (χ2v) is 4.98. The van der Waals surface area contributed by atoms with Gasteiger partial charge in [-0.2, -0.15) is 0 Å². The van der Waals surface area contributed by atoms with Crippen molar-refractivity contribution in [1.29, 1.82) is 0 Å². The topological polar surface area (TPSA) is 84.5 Å². The van der Waals surface area contributed by atoms with Gasteiger partial charge in [0.05, 0.1) is 7.11 Å². The second-order valence-electron chi connectivity index (χ2n) is 4.98. The molecule has 0 fully saturated rings. The molecule has 0 saturated heterocycles. The van der Waals surface area contributed by atoms with E-state index in [2.05, 4.69) is 15.4 Å². The zero-order chi connectivity index (χ0) is 16.0. The third kappa shape index (κ3) is 4.91. The molecule has 2 amide bonds. The maximum Gasteiger partial charge on any atom is 0.328 e. The van der Waals surface area contributed by atoms with E-state index in [9.17, 15) is 14.4 Å². The van der Waals surface area contributed by atoms with Crippen LogP contribution in [-0.2, 0) is 14.3 Å². The molecule has 1 rings (SSSR count). The van der Waals surface area contributed by atoms with Crippen LogP contribution in [0, 0.1) is 5.92 Å². The molecule has 0 spiro atoms. The molecule has 0 aliphatic carbocycles. The fraction of sp³-hybridized carbons (Fsp3) is 0.400. The predicted molar refractivity (Wildman–Crippen MR) is 78.9 cm³/mol. The van der Waals surface area contributed by atoms with Crippen LogP contribution in [0.1, 0.15) is 31.1 Å². The van der Waals surface area contributed by atoms with Gasteiger partial charge in [-0.25, -0.2) is 4.79 Å². The fourth-order valence-electron chi connectivity index (χ4n) is 1.79. The fourth-order valence-corrected chi connectivity index (χ4v) is 1.79. The van der Waals surface area contributed by atoms with Gasteiger partial charge in [0.2, 0.25) is 5.91 Å². The smallest absolute Gasteiger partial charge is 0.328 e. The van der Waals surface area contributed by atoms with Gasteiger partial charge < -0.3 is 15.4 Å². The Hall–Kier alpha value is -2.37. The first-order valence-corrected chi connectivity index (χ1v) is 6.61. The van der Waals surface area contributed by atoms with Gasteiger partial charge in [0.15, 0.2) is 0 Å². The Labute approximate surface area is 123 Å². The Kier molecular flexibility index (Phi) is 5.90. The number of carbonyl (C=O) groups excluding carboxylic acids is 3. The molecule has 0 aromatic heterocycles. The van der Waals surface area contributed by atoms with E-state index in [0.717, 1.165) is 0 Å². The number of hydrogen-bond donors (Lipinski definition) is 2. The van der Waals surface area contributed by atoms with Crippen molar-refractivity contribution in [2.75, 3.05) is 12.4 Å². The number of esters is 1. The number of anilines is 1. The van der Waals surface area contributed by atoms with Crippen LogP contribution in [0.15, 0.2) is 24.3 Å². The summed E-state index contributed by atoms with van der Waals surface area (Å²) in [5.74, 6) is -1.20. The van der Waals surface area contributed by atoms with Crippen molar-refractivity contribution in [2.45, 2.75) is 26.8 Å². The first kappa shape index (κ1) is 16.7. The number of benzene rings is 1. The van der Waals surface area contributed by atoms with Crippen molar-refractivity contribution in [2.24, 2.45) is 5.92 Å². The van der Waals surface area contributed by atoms with Gasteiger partial charge in [-0.15, -0.1) is 0 Å². The zero-order valence-electron chi connectivity index (χ0n) is 12.6. The molecule has 0 aliphatic rings. The summed E-state index contributed by atoms with van der Waals surface area (Å²) in [4.78, 5) is 34.8. The summed E-state index contributed by atoms with van der Waals surface area (Å²) in [6.07, 6.45) is 0. The molecule has 0 radical (unpaired) electrons. The molecule has 1 atom stereocenters. The Balaban J connectivity index is 2.87. The van der Waals surface area contributed by atoms with Crippen LogP contribution in [0.3, 0.4) is 0 Å². The van der Waals surface area contributed by atoms with Crippen LogP contribution in [0.4, 0.5) is 5.69 Å². The summed E-state index contributed by atoms with van der Waals surface area (Å²) in [6.45, 7) is 5.02. The highest BCUT2D eigenvalue weighted by molar-refractivity contribution is 5.98. The largest absolute Gasteiger partial charge is 0.467 e. The van der Waals surface area contributed by atoms with Gasteiger partial charge in [-0.05, 0) is 24.1 Å². The molecular formula is C15H20N2O4. The number of ether oxygens (including phenoxy) is 1. The highest BCUT2D eigenvalue weighted by atomic mass is 16.5. The number of hydrogen-bond acceptors (Lipinski definition) is 4. The molecule has 1 aromatic rings. The van der Waals surface area contributed by atoms with Crippen LogP contribution in [0.5, 0.6) is 0 Å². The average molecular weight is 292 g/mol. The minimum atomic E-state index is -0.716. The SMILES string of the molecule is COC(=O)C(NC(=O)c1cccc(NC(C)=O)c1)C(C)C.